The van der Waals surface area contributed by atoms with Crippen LogP contribution in [0, 0.1) is 0 Å². The average Bonchev–Trinajstić information content (AvgIpc) is 3.24. The van der Waals surface area contributed by atoms with Gasteiger partial charge in [-0.1, -0.05) is 12.1 Å². The van der Waals surface area contributed by atoms with Crippen LogP contribution in [0.15, 0.2) is 54.9 Å². The normalized spacial score (nSPS) is 15.1. The van der Waals surface area contributed by atoms with E-state index in [1.807, 2.05) is 28.8 Å². The van der Waals surface area contributed by atoms with Crippen molar-refractivity contribution < 1.29 is 23.8 Å². The second kappa shape index (κ2) is 9.13. The fourth-order valence-corrected chi connectivity index (χ4v) is 3.89. The average molecular weight is 435 g/mol. The molecule has 2 aromatic carbocycles. The molecule has 0 saturated heterocycles. The standard InChI is InChI=1S/C24H25N3O5/c1-30-18-8-4-16(5-9-18)13-26-15-25-20-12-21(24(29)32-3)27(14-22(20)26)23(28)17-6-10-19(31-2)11-7-17/h4-11,15,21H,12-14H2,1-3H3/t21-/m0/s1. The molecule has 1 aliphatic heterocycles. The lowest BCUT2D eigenvalue weighted by atomic mass is 10.0. The number of carbonyl (C=O) groups excluding carboxylic acids is 2. The summed E-state index contributed by atoms with van der Waals surface area (Å²) in [6.07, 6.45) is 2.06. The van der Waals surface area contributed by atoms with Crippen LogP contribution in [0.5, 0.6) is 11.5 Å². The van der Waals surface area contributed by atoms with Gasteiger partial charge in [-0.2, -0.15) is 0 Å². The highest BCUT2D eigenvalue weighted by Gasteiger charge is 2.38. The molecule has 3 aromatic rings. The number of methoxy groups -OCH3 is 3. The third-order valence-corrected chi connectivity index (χ3v) is 5.70. The second-order valence-electron chi connectivity index (χ2n) is 7.52. The van der Waals surface area contributed by atoms with E-state index >= 15 is 0 Å². The third kappa shape index (κ3) is 4.16. The van der Waals surface area contributed by atoms with Crippen molar-refractivity contribution in [3.63, 3.8) is 0 Å². The number of aromatic nitrogens is 2. The van der Waals surface area contributed by atoms with Gasteiger partial charge in [0.05, 0.1) is 45.6 Å². The number of amides is 1. The summed E-state index contributed by atoms with van der Waals surface area (Å²) in [5, 5.41) is 0. The van der Waals surface area contributed by atoms with E-state index in [1.165, 1.54) is 7.11 Å². The highest BCUT2D eigenvalue weighted by molar-refractivity contribution is 5.97. The maximum absolute atomic E-state index is 13.3. The van der Waals surface area contributed by atoms with Gasteiger partial charge in [0, 0.05) is 18.5 Å². The predicted octanol–water partition coefficient (Wildman–Crippen LogP) is 2.69. The summed E-state index contributed by atoms with van der Waals surface area (Å²) in [5.41, 5.74) is 3.26. The van der Waals surface area contributed by atoms with E-state index in [-0.39, 0.29) is 12.5 Å². The van der Waals surface area contributed by atoms with Crippen LogP contribution < -0.4 is 9.47 Å². The van der Waals surface area contributed by atoms with Crippen LogP contribution in [0.1, 0.15) is 27.3 Å². The zero-order chi connectivity index (χ0) is 22.7. The van der Waals surface area contributed by atoms with E-state index in [0.717, 1.165) is 22.7 Å². The lowest BCUT2D eigenvalue weighted by Crippen LogP contribution is -2.49. The SMILES string of the molecule is COC(=O)[C@@H]1Cc2ncn(Cc3ccc(OC)cc3)c2CN1C(=O)c1ccc(OC)cc1. The Morgan fingerprint density at radius 1 is 0.969 bits per heavy atom. The maximum atomic E-state index is 13.3. The van der Waals surface area contributed by atoms with Crippen LogP contribution in [-0.4, -0.2) is 53.7 Å². The Morgan fingerprint density at radius 2 is 1.59 bits per heavy atom. The van der Waals surface area contributed by atoms with Gasteiger partial charge in [-0.05, 0) is 42.0 Å². The number of benzene rings is 2. The van der Waals surface area contributed by atoms with Crippen molar-refractivity contribution in [3.8, 4) is 11.5 Å². The molecule has 0 aliphatic carbocycles. The first-order chi connectivity index (χ1) is 15.5. The van der Waals surface area contributed by atoms with E-state index in [0.29, 0.717) is 24.3 Å². The van der Waals surface area contributed by atoms with Crippen LogP contribution in [0.25, 0.3) is 0 Å². The molecule has 2 heterocycles. The second-order valence-corrected chi connectivity index (χ2v) is 7.52. The lowest BCUT2D eigenvalue weighted by Gasteiger charge is -2.34. The number of imidazole rings is 1. The zero-order valence-electron chi connectivity index (χ0n) is 18.3. The molecule has 0 unspecified atom stereocenters. The first-order valence-electron chi connectivity index (χ1n) is 10.2. The summed E-state index contributed by atoms with van der Waals surface area (Å²) >= 11 is 0. The molecule has 0 radical (unpaired) electrons. The van der Waals surface area contributed by atoms with Gasteiger partial charge in [0.2, 0.25) is 0 Å². The zero-order valence-corrected chi connectivity index (χ0v) is 18.3. The van der Waals surface area contributed by atoms with Crippen LogP contribution in [0.2, 0.25) is 0 Å². The molecule has 8 heteroatoms. The van der Waals surface area contributed by atoms with Gasteiger partial charge in [-0.3, -0.25) is 4.79 Å². The quantitative estimate of drug-likeness (QED) is 0.554. The van der Waals surface area contributed by atoms with E-state index in [1.54, 1.807) is 49.7 Å². The minimum atomic E-state index is -0.730. The molecular formula is C24H25N3O5. The van der Waals surface area contributed by atoms with Crippen LogP contribution in [0.3, 0.4) is 0 Å². The molecule has 0 bridgehead atoms. The summed E-state index contributed by atoms with van der Waals surface area (Å²) < 4.78 is 17.4. The molecule has 0 fully saturated rings. The number of nitrogens with zero attached hydrogens (tertiary/aromatic N) is 3. The molecule has 1 aliphatic rings. The topological polar surface area (TPSA) is 82.9 Å². The summed E-state index contributed by atoms with van der Waals surface area (Å²) in [5.74, 6) is 0.747. The van der Waals surface area contributed by atoms with Gasteiger partial charge in [-0.15, -0.1) is 0 Å². The predicted molar refractivity (Wildman–Crippen MR) is 117 cm³/mol. The monoisotopic (exact) mass is 435 g/mol. The molecule has 166 valence electrons. The molecule has 4 rings (SSSR count). The molecule has 1 atom stereocenters. The van der Waals surface area contributed by atoms with Gasteiger partial charge < -0.3 is 23.7 Å². The molecule has 8 nitrogen and oxygen atoms in total. The number of carbonyl (C=O) groups is 2. The summed E-state index contributed by atoms with van der Waals surface area (Å²) in [6, 6.07) is 13.9. The molecule has 1 amide bonds. The first kappa shape index (κ1) is 21.4. The van der Waals surface area contributed by atoms with Gasteiger partial charge in [0.1, 0.15) is 17.5 Å². The minimum absolute atomic E-state index is 0.245. The third-order valence-electron chi connectivity index (χ3n) is 5.70. The first-order valence-corrected chi connectivity index (χ1v) is 10.2. The summed E-state index contributed by atoms with van der Waals surface area (Å²) in [7, 11) is 4.53. The smallest absolute Gasteiger partial charge is 0.329 e. The van der Waals surface area contributed by atoms with Crippen LogP contribution in [0.4, 0.5) is 0 Å². The van der Waals surface area contributed by atoms with E-state index < -0.39 is 12.0 Å². The van der Waals surface area contributed by atoms with Crippen molar-refractivity contribution in [3.05, 3.63) is 77.4 Å². The Bertz CT molecular complexity index is 1110. The van der Waals surface area contributed by atoms with Crippen molar-refractivity contribution in [2.75, 3.05) is 21.3 Å². The molecule has 0 spiro atoms. The van der Waals surface area contributed by atoms with Crippen LogP contribution >= 0.6 is 0 Å². The van der Waals surface area contributed by atoms with Crippen molar-refractivity contribution in [1.29, 1.82) is 0 Å². The highest BCUT2D eigenvalue weighted by atomic mass is 16.5. The molecule has 1 aromatic heterocycles. The number of fused-ring (bicyclic) bond motifs is 1. The Kier molecular flexibility index (Phi) is 6.11. The van der Waals surface area contributed by atoms with Gasteiger partial charge in [0.15, 0.2) is 0 Å². The van der Waals surface area contributed by atoms with Gasteiger partial charge in [-0.25, -0.2) is 9.78 Å². The largest absolute Gasteiger partial charge is 0.497 e. The Hall–Kier alpha value is -3.81. The fraction of sp³-hybridized carbons (Fsp3) is 0.292. The van der Waals surface area contributed by atoms with E-state index in [9.17, 15) is 9.59 Å². The van der Waals surface area contributed by atoms with Gasteiger partial charge >= 0.3 is 5.97 Å². The molecule has 0 saturated carbocycles. The number of hydrogen-bond acceptors (Lipinski definition) is 6. The van der Waals surface area contributed by atoms with E-state index in [2.05, 4.69) is 4.98 Å². The van der Waals surface area contributed by atoms with Crippen molar-refractivity contribution in [1.82, 2.24) is 14.5 Å². The number of rotatable bonds is 6. The Balaban J connectivity index is 1.62. The number of hydrogen-bond donors (Lipinski definition) is 0. The highest BCUT2D eigenvalue weighted by Crippen LogP contribution is 2.26. The van der Waals surface area contributed by atoms with Gasteiger partial charge in [0.25, 0.3) is 5.91 Å². The lowest BCUT2D eigenvalue weighted by molar-refractivity contribution is -0.146. The fourth-order valence-electron chi connectivity index (χ4n) is 3.89. The van der Waals surface area contributed by atoms with Crippen LogP contribution in [-0.2, 0) is 29.0 Å². The summed E-state index contributed by atoms with van der Waals surface area (Å²) in [6.45, 7) is 0.857. The van der Waals surface area contributed by atoms with E-state index in [4.69, 9.17) is 14.2 Å². The maximum Gasteiger partial charge on any atom is 0.329 e. The van der Waals surface area contributed by atoms with Crippen molar-refractivity contribution in [2.45, 2.75) is 25.6 Å². The molecule has 0 N–H and O–H groups in total. The molecular weight excluding hydrogens is 410 g/mol. The van der Waals surface area contributed by atoms with Crippen molar-refractivity contribution in [2.24, 2.45) is 0 Å². The van der Waals surface area contributed by atoms with Crippen molar-refractivity contribution >= 4 is 11.9 Å². The number of ether oxygens (including phenoxy) is 3. The summed E-state index contributed by atoms with van der Waals surface area (Å²) in [4.78, 5) is 31.9. The Morgan fingerprint density at radius 3 is 2.19 bits per heavy atom. The Labute approximate surface area is 186 Å². The minimum Gasteiger partial charge on any atom is -0.497 e. The number of esters is 1. The molecule has 32 heavy (non-hydrogen) atoms.